The fourth-order valence-electron chi connectivity index (χ4n) is 16.8. The van der Waals surface area contributed by atoms with E-state index < -0.39 is 0 Å². The molecule has 0 amide bonds. The van der Waals surface area contributed by atoms with E-state index in [1.54, 1.807) is 0 Å². The van der Waals surface area contributed by atoms with E-state index >= 15 is 0 Å². The molecule has 0 aromatic heterocycles. The number of piperidine rings is 2. The predicted molar refractivity (Wildman–Crippen MR) is 592 cm³/mol. The maximum absolute atomic E-state index is 10.9. The lowest BCUT2D eigenvalue weighted by Gasteiger charge is -2.45. The lowest BCUT2D eigenvalue weighted by Crippen LogP contribution is -3.10. The summed E-state index contributed by atoms with van der Waals surface area (Å²) < 4.78 is 15.7. The van der Waals surface area contributed by atoms with Gasteiger partial charge in [-0.05, 0) is 252 Å². The third-order valence-corrected chi connectivity index (χ3v) is 29.7. The summed E-state index contributed by atoms with van der Waals surface area (Å²) in [5, 5.41) is 44.4. The van der Waals surface area contributed by atoms with Gasteiger partial charge in [-0.2, -0.15) is 11.8 Å². The fourth-order valence-corrected chi connectivity index (χ4v) is 17.7. The van der Waals surface area contributed by atoms with E-state index in [1.165, 1.54) is 115 Å². The van der Waals surface area contributed by atoms with E-state index in [9.17, 15) is 5.21 Å². The van der Waals surface area contributed by atoms with Gasteiger partial charge in [0.1, 0.15) is 0 Å². The smallest absolute Gasteiger partial charge is 0.162 e. The van der Waals surface area contributed by atoms with E-state index in [1.807, 2.05) is 24.8 Å². The van der Waals surface area contributed by atoms with Gasteiger partial charge in [-0.1, -0.05) is 231 Å². The first-order valence-corrected chi connectivity index (χ1v) is 54.4. The van der Waals surface area contributed by atoms with E-state index in [-0.39, 0.29) is 22.8 Å². The molecule has 135 heavy (non-hydrogen) atoms. The van der Waals surface area contributed by atoms with Crippen LogP contribution in [-0.4, -0.2) is 266 Å². The molecule has 0 aliphatic carbocycles. The van der Waals surface area contributed by atoms with Gasteiger partial charge in [-0.3, -0.25) is 25.6 Å². The highest BCUT2D eigenvalue weighted by Crippen LogP contribution is 2.46. The van der Waals surface area contributed by atoms with Gasteiger partial charge in [0.15, 0.2) is 6.29 Å². The lowest BCUT2D eigenvalue weighted by atomic mass is 9.63. The zero-order chi connectivity index (χ0) is 103. The summed E-state index contributed by atoms with van der Waals surface area (Å²) in [6.45, 7) is 121. The molecule has 14 aliphatic heterocycles. The van der Waals surface area contributed by atoms with Crippen LogP contribution in [0.25, 0.3) is 0 Å². The van der Waals surface area contributed by atoms with Crippen molar-refractivity contribution in [3.63, 3.8) is 0 Å². The standard InChI is InChI=1S/C10H21N.C10H19N.C9H19N.C9H17N.C8H18N2O.C8H18N2.C8H14N2.C8H17NS.2C8H15N.2C7H16N2.C7H14O2.C5H11NO/c2*1-9(2,3)10(4)5-7-11-8-6-10;2*1-9(2,3)8-4-6-10-7-5-8;1-8(2,3)9-4-6-10(11)7-5-9;2*1-8(2,3)10-6-4-9-5-7-10;1-8(2,3)9-4-6-10-7-5-9;2*1-8(2,3)7-5-4-6-9-7;1-7(2,3)6-8-4-5-9-6;1-7(2,3)6-4-5-8-9-6;1-7(2,3)6-8-4-5-9-6;1-6-2-4-7-5-3-6/h11H,5-8H2,1-4H3;5,7,11H,6,8H2,1-4H3;8,10H,4-7H2,1-3H3;4,6,8,10H,5,7H2,1-3H3;10H,4-7H2,1-3H3;9H,4-7H2,1-3H3;4-7,9H,1-3H3;4-7H2,1-3H3;4,6-7,9H,5H2,1-3H3;4-5,7,9H,6H2,1-3H3;2*6,8-9H,4-5H2,1-3H3;6H,4-5H2,1-3H3;2-5H2,1H3. The zero-order valence-corrected chi connectivity index (χ0v) is 97.5. The van der Waals surface area contributed by atoms with Crippen LogP contribution in [-0.2, 0) is 14.2 Å². The van der Waals surface area contributed by atoms with Gasteiger partial charge >= 0.3 is 0 Å². The quantitative estimate of drug-likeness (QED) is 0.0802. The van der Waals surface area contributed by atoms with Crippen molar-refractivity contribution in [2.75, 3.05) is 189 Å². The van der Waals surface area contributed by atoms with Gasteiger partial charge in [0.25, 0.3) is 0 Å². The van der Waals surface area contributed by atoms with Gasteiger partial charge in [0.05, 0.1) is 45.7 Å². The minimum atomic E-state index is 0.0116. The maximum Gasteiger partial charge on any atom is 0.162 e. The van der Waals surface area contributed by atoms with Crippen LogP contribution in [0.5, 0.6) is 0 Å². The number of allylic oxidation sites excluding steroid dienone is 2. The molecule has 0 aromatic carbocycles. The van der Waals surface area contributed by atoms with Crippen LogP contribution < -0.4 is 69.1 Å². The maximum atomic E-state index is 10.9. The highest BCUT2D eigenvalue weighted by atomic mass is 32.2. The average Bonchev–Trinajstić information content (AvgIpc) is 1.44. The van der Waals surface area contributed by atoms with E-state index in [2.05, 4.69) is 440 Å². The monoisotopic (exact) mass is 1920 g/mol. The Kier molecular flexibility index (Phi) is 59.2. The van der Waals surface area contributed by atoms with Crippen molar-refractivity contribution in [2.45, 2.75) is 388 Å². The third-order valence-electron chi connectivity index (χ3n) is 28.7. The molecule has 5 unspecified atom stereocenters. The topological polar surface area (TPSA) is 216 Å². The molecule has 0 radical (unpaired) electrons. The number of quaternary nitrogens is 1. The Bertz CT molecular complexity index is 2990. The van der Waals surface area contributed by atoms with Gasteiger partial charge in [0.2, 0.25) is 0 Å². The molecule has 5 atom stereocenters. The molecular formula is C112H230N18O4S. The van der Waals surface area contributed by atoms with Crippen molar-refractivity contribution in [2.24, 2.45) is 71.4 Å². The summed E-state index contributed by atoms with van der Waals surface area (Å²) in [6.07, 6.45) is 36.2. The predicted octanol–water partition coefficient (Wildman–Crippen LogP) is 19.1. The van der Waals surface area contributed by atoms with E-state index in [0.717, 1.165) is 130 Å². The molecule has 0 bridgehead atoms. The van der Waals surface area contributed by atoms with Crippen LogP contribution in [0.15, 0.2) is 73.8 Å². The number of ether oxygens (including phenoxy) is 3. The highest BCUT2D eigenvalue weighted by Gasteiger charge is 2.40. The molecule has 14 aliphatic rings. The summed E-state index contributed by atoms with van der Waals surface area (Å²) in [5.41, 5.74) is 12.0. The van der Waals surface area contributed by atoms with Crippen LogP contribution in [0.3, 0.4) is 0 Å². The largest absolute Gasteiger partial charge is 0.634 e. The molecule has 0 aromatic rings. The summed E-state index contributed by atoms with van der Waals surface area (Å²) in [7, 11) is 2.11. The minimum absolute atomic E-state index is 0.0116. The van der Waals surface area contributed by atoms with Crippen LogP contribution in [0.4, 0.5) is 0 Å². The first-order valence-electron chi connectivity index (χ1n) is 53.3. The van der Waals surface area contributed by atoms with Crippen molar-refractivity contribution in [1.82, 2.24) is 88.5 Å². The summed E-state index contributed by atoms with van der Waals surface area (Å²) in [5.74, 6) is 4.33. The molecule has 0 saturated carbocycles. The summed E-state index contributed by atoms with van der Waals surface area (Å²) >= 11 is 2.07. The normalized spacial score (nSPS) is 24.8. The third kappa shape index (κ3) is 58.0. The second-order valence-electron chi connectivity index (χ2n) is 53.7. The van der Waals surface area contributed by atoms with Gasteiger partial charge in [0, 0.05) is 187 Å². The molecule has 9 fully saturated rings. The number of nitrogens with one attached hydrogen (secondary N) is 13. The second kappa shape index (κ2) is 61.4. The molecule has 23 heteroatoms. The Morgan fingerprint density at radius 2 is 0.896 bits per heavy atom. The minimum Gasteiger partial charge on any atom is -0.634 e. The number of rotatable bonds is 0. The first-order chi connectivity index (χ1) is 61.9. The number of nitrogens with zero attached hydrogens (tertiary/aromatic N) is 5. The number of piperazine rings is 2. The number of hydrogen-bond donors (Lipinski definition) is 13. The number of likely N-dealkylation sites (N-methyl/N-ethyl adjacent to an activating group) is 1. The van der Waals surface area contributed by atoms with Gasteiger partial charge in [-0.25, -0.2) is 0 Å². The molecular weight excluding hydrogens is 1690 g/mol. The molecule has 14 heterocycles. The Morgan fingerprint density at radius 3 is 1.17 bits per heavy atom. The lowest BCUT2D eigenvalue weighted by molar-refractivity contribution is -0.853. The van der Waals surface area contributed by atoms with E-state index in [0.29, 0.717) is 94.6 Å². The Labute approximate surface area is 841 Å². The van der Waals surface area contributed by atoms with Crippen LogP contribution >= 0.6 is 11.8 Å². The fraction of sp³-hybridized carbons (Fsp3) is 0.893. The molecule has 22 nitrogen and oxygen atoms in total. The number of morpholine rings is 1. The Hall–Kier alpha value is -2.89. The SMILES string of the molecule is CC(C)(C)C1(C)C=CNCC1.CC(C)(C)C1(C)CCNCC1.CC(C)(C)C1C=CCN1.CC(C)(C)C1C=CNCC1.CC(C)(C)C1CC=CN1.CC(C)(C)C1CCNCC1.CC(C)(C)C1CCNN1.CC(C)(C)C1NCCN1.CC(C)(C)C1OCCO1.CC(C)(C)N1C=CNC=C1.CC(C)(C)N1CCNCC1.CC(C)(C)N1CCSCC1.CC(C)(C)N1CC[NH+]([O-])CC1.CN1CCOCC1. The highest BCUT2D eigenvalue weighted by molar-refractivity contribution is 7.99. The zero-order valence-electron chi connectivity index (χ0n) is 96.7. The van der Waals surface area contributed by atoms with Crippen molar-refractivity contribution in [3.05, 3.63) is 79.0 Å². The number of hydrogen-bond acceptors (Lipinski definition) is 22. The number of hydroxylamine groups is 2. The second-order valence-corrected chi connectivity index (χ2v) is 55.0. The molecule has 9 saturated heterocycles. The molecule has 0 spiro atoms. The number of hydrazine groups is 1. The molecule has 14 rings (SSSR count). The van der Waals surface area contributed by atoms with Crippen LogP contribution in [0.2, 0.25) is 0 Å². The van der Waals surface area contributed by atoms with E-state index in [4.69, 9.17) is 14.2 Å². The van der Waals surface area contributed by atoms with Crippen molar-refractivity contribution < 1.29 is 19.3 Å². The Morgan fingerprint density at radius 1 is 0.407 bits per heavy atom. The van der Waals surface area contributed by atoms with Gasteiger partial charge in [-0.15, -0.1) is 0 Å². The number of thioether (sulfide) groups is 1. The summed E-state index contributed by atoms with van der Waals surface area (Å²) in [4.78, 5) is 11.9. The van der Waals surface area contributed by atoms with Gasteiger partial charge < -0.3 is 87.4 Å². The van der Waals surface area contributed by atoms with Crippen molar-refractivity contribution >= 4 is 11.8 Å². The van der Waals surface area contributed by atoms with Crippen LogP contribution in [0, 0.1) is 76.6 Å². The van der Waals surface area contributed by atoms with Crippen molar-refractivity contribution in [3.8, 4) is 0 Å². The first kappa shape index (κ1) is 130. The Balaban J connectivity index is 0.000000728. The van der Waals surface area contributed by atoms with Crippen LogP contribution in [0.1, 0.15) is 335 Å². The molecule has 13 N–H and O–H groups in total. The average molecular weight is 1930 g/mol. The molecule has 798 valence electrons. The summed E-state index contributed by atoms with van der Waals surface area (Å²) in [6, 6.07) is 1.88. The van der Waals surface area contributed by atoms with Crippen molar-refractivity contribution in [1.29, 1.82) is 0 Å².